The molecule has 4 aliphatic carbocycles. The number of benzene rings is 2. The van der Waals surface area contributed by atoms with Crippen molar-refractivity contribution in [3.8, 4) is 22.8 Å². The van der Waals surface area contributed by atoms with Gasteiger partial charge in [-0.1, -0.05) is 6.07 Å². The minimum atomic E-state index is 0.405. The Balaban J connectivity index is 1.48. The second-order valence-corrected chi connectivity index (χ2v) is 11.2. The van der Waals surface area contributed by atoms with Crippen LogP contribution in [0.1, 0.15) is 62.5 Å². The van der Waals surface area contributed by atoms with E-state index in [2.05, 4.69) is 29.2 Å². The van der Waals surface area contributed by atoms with Crippen LogP contribution in [0.25, 0.3) is 22.2 Å². The highest BCUT2D eigenvalue weighted by atomic mass is 16.5. The molecule has 4 bridgehead atoms. The molecule has 4 saturated carbocycles. The van der Waals surface area contributed by atoms with E-state index < -0.39 is 0 Å². The van der Waals surface area contributed by atoms with Gasteiger partial charge in [-0.3, -0.25) is 0 Å². The zero-order valence-electron chi connectivity index (χ0n) is 20.7. The van der Waals surface area contributed by atoms with Crippen molar-refractivity contribution in [1.82, 2.24) is 4.98 Å². The number of hydrogen-bond acceptors (Lipinski definition) is 3. The van der Waals surface area contributed by atoms with Gasteiger partial charge in [0, 0.05) is 16.5 Å². The summed E-state index contributed by atoms with van der Waals surface area (Å²) in [5, 5.41) is 1.38. The number of fused-ring (bicyclic) bond motifs is 1. The molecule has 4 nitrogen and oxygen atoms in total. The Hall–Kier alpha value is -2.46. The standard InChI is InChI=1S/C30H38N2O2/c1-33-23-7-9-28(34-2)26(15-23)29-24(5-3-4-10-31)25-14-22(6-8-27(25)32-29)30-16-19-11-20(17-30)13-21(12-19)18-30/h6-9,14-15,19-21,32H,3-5,10-13,16-18,31H2,1-2H3. The number of aromatic amines is 1. The van der Waals surface area contributed by atoms with Crippen LogP contribution in [0.2, 0.25) is 0 Å². The van der Waals surface area contributed by atoms with Gasteiger partial charge in [-0.2, -0.15) is 0 Å². The molecule has 3 N–H and O–H groups in total. The lowest BCUT2D eigenvalue weighted by Gasteiger charge is -2.57. The van der Waals surface area contributed by atoms with Gasteiger partial charge < -0.3 is 20.2 Å². The van der Waals surface area contributed by atoms with Gasteiger partial charge in [-0.15, -0.1) is 0 Å². The first-order valence-corrected chi connectivity index (χ1v) is 13.2. The molecule has 0 unspecified atom stereocenters. The Kier molecular flexibility index (Phi) is 5.60. The Labute approximate surface area is 203 Å². The fourth-order valence-electron chi connectivity index (χ4n) is 7.99. The molecule has 0 spiro atoms. The van der Waals surface area contributed by atoms with E-state index in [0.717, 1.165) is 66.3 Å². The summed E-state index contributed by atoms with van der Waals surface area (Å²) in [5.41, 5.74) is 12.7. The zero-order valence-corrected chi connectivity index (χ0v) is 20.7. The van der Waals surface area contributed by atoms with Crippen LogP contribution >= 0.6 is 0 Å². The maximum Gasteiger partial charge on any atom is 0.128 e. The summed E-state index contributed by atoms with van der Waals surface area (Å²) in [5.74, 6) is 4.57. The number of H-pyrrole nitrogens is 1. The Morgan fingerprint density at radius 2 is 1.65 bits per heavy atom. The molecule has 4 fully saturated rings. The number of aryl methyl sites for hydroxylation is 1. The number of nitrogens with two attached hydrogens (primary N) is 1. The smallest absolute Gasteiger partial charge is 0.128 e. The number of hydrogen-bond donors (Lipinski definition) is 2. The number of unbranched alkanes of at least 4 members (excludes halogenated alkanes) is 1. The van der Waals surface area contributed by atoms with Gasteiger partial charge in [-0.25, -0.2) is 0 Å². The maximum atomic E-state index is 5.86. The Morgan fingerprint density at radius 1 is 0.912 bits per heavy atom. The van der Waals surface area contributed by atoms with Gasteiger partial charge >= 0.3 is 0 Å². The second-order valence-electron chi connectivity index (χ2n) is 11.2. The number of nitrogens with one attached hydrogen (secondary N) is 1. The molecule has 1 aromatic heterocycles. The van der Waals surface area contributed by atoms with E-state index in [9.17, 15) is 0 Å². The molecule has 180 valence electrons. The van der Waals surface area contributed by atoms with Gasteiger partial charge in [-0.05, 0) is 129 Å². The summed E-state index contributed by atoms with van der Waals surface area (Å²) in [4.78, 5) is 3.77. The molecule has 0 aliphatic heterocycles. The number of ether oxygens (including phenoxy) is 2. The summed E-state index contributed by atoms with van der Waals surface area (Å²) in [6.07, 6.45) is 11.8. The van der Waals surface area contributed by atoms with Crippen LogP contribution in [0.15, 0.2) is 36.4 Å². The molecule has 3 aromatic rings. The number of aromatic nitrogens is 1. The fraction of sp³-hybridized carbons (Fsp3) is 0.533. The van der Waals surface area contributed by atoms with Crippen LogP contribution in [0.4, 0.5) is 0 Å². The highest BCUT2D eigenvalue weighted by Gasteiger charge is 2.51. The summed E-state index contributed by atoms with van der Waals surface area (Å²) in [6.45, 7) is 0.735. The van der Waals surface area contributed by atoms with Crippen molar-refractivity contribution in [2.45, 2.75) is 63.2 Å². The topological polar surface area (TPSA) is 60.3 Å². The molecule has 2 aromatic carbocycles. The first kappa shape index (κ1) is 22.0. The van der Waals surface area contributed by atoms with Crippen molar-refractivity contribution in [3.63, 3.8) is 0 Å². The fourth-order valence-corrected chi connectivity index (χ4v) is 7.99. The summed E-state index contributed by atoms with van der Waals surface area (Å²) in [7, 11) is 3.46. The van der Waals surface area contributed by atoms with Crippen LogP contribution in [0.3, 0.4) is 0 Å². The quantitative estimate of drug-likeness (QED) is 0.374. The normalized spacial score (nSPS) is 27.4. The average molecular weight is 459 g/mol. The number of rotatable bonds is 8. The van der Waals surface area contributed by atoms with E-state index in [4.69, 9.17) is 15.2 Å². The lowest BCUT2D eigenvalue weighted by Crippen LogP contribution is -2.48. The van der Waals surface area contributed by atoms with Gasteiger partial charge in [0.15, 0.2) is 0 Å². The third kappa shape index (κ3) is 3.62. The molecule has 0 radical (unpaired) electrons. The predicted molar refractivity (Wildman–Crippen MR) is 139 cm³/mol. The van der Waals surface area contributed by atoms with E-state index in [1.54, 1.807) is 19.8 Å². The van der Waals surface area contributed by atoms with Crippen LogP contribution in [-0.2, 0) is 11.8 Å². The highest BCUT2D eigenvalue weighted by molar-refractivity contribution is 5.92. The maximum absolute atomic E-state index is 5.86. The minimum absolute atomic E-state index is 0.405. The van der Waals surface area contributed by atoms with Gasteiger partial charge in [0.05, 0.1) is 19.9 Å². The monoisotopic (exact) mass is 458 g/mol. The third-order valence-electron chi connectivity index (χ3n) is 9.11. The third-order valence-corrected chi connectivity index (χ3v) is 9.11. The highest BCUT2D eigenvalue weighted by Crippen LogP contribution is 2.61. The second kappa shape index (κ2) is 8.64. The summed E-state index contributed by atoms with van der Waals surface area (Å²) < 4.78 is 11.3. The van der Waals surface area contributed by atoms with Crippen LogP contribution in [-0.4, -0.2) is 25.7 Å². The molecule has 4 heteroatoms. The average Bonchev–Trinajstić information content (AvgIpc) is 3.20. The van der Waals surface area contributed by atoms with E-state index >= 15 is 0 Å². The number of methoxy groups -OCH3 is 2. The molecule has 34 heavy (non-hydrogen) atoms. The lowest BCUT2D eigenvalue weighted by molar-refractivity contribution is -0.00513. The van der Waals surface area contributed by atoms with Gasteiger partial charge in [0.1, 0.15) is 11.5 Å². The SMILES string of the molecule is COc1ccc(OC)c(-c2[nH]c3ccc(C45CC6CC(CC(C6)C4)C5)cc3c2CCCCN)c1. The summed E-state index contributed by atoms with van der Waals surface area (Å²) >= 11 is 0. The molecule has 0 saturated heterocycles. The Morgan fingerprint density at radius 3 is 2.29 bits per heavy atom. The van der Waals surface area contributed by atoms with Crippen molar-refractivity contribution in [2.75, 3.05) is 20.8 Å². The first-order chi connectivity index (χ1) is 16.6. The molecule has 1 heterocycles. The van der Waals surface area contributed by atoms with E-state index in [-0.39, 0.29) is 0 Å². The van der Waals surface area contributed by atoms with E-state index in [1.165, 1.54) is 55.0 Å². The molecule has 4 aliphatic rings. The van der Waals surface area contributed by atoms with Gasteiger partial charge in [0.2, 0.25) is 0 Å². The van der Waals surface area contributed by atoms with Crippen molar-refractivity contribution in [3.05, 3.63) is 47.5 Å². The lowest BCUT2D eigenvalue weighted by atomic mass is 9.48. The largest absolute Gasteiger partial charge is 0.497 e. The van der Waals surface area contributed by atoms with Crippen molar-refractivity contribution < 1.29 is 9.47 Å². The van der Waals surface area contributed by atoms with E-state index in [1.807, 2.05) is 12.1 Å². The molecule has 0 amide bonds. The predicted octanol–water partition coefficient (Wildman–Crippen LogP) is 6.60. The molecular weight excluding hydrogens is 420 g/mol. The van der Waals surface area contributed by atoms with Crippen molar-refractivity contribution in [1.29, 1.82) is 0 Å². The zero-order chi connectivity index (χ0) is 23.3. The van der Waals surface area contributed by atoms with Crippen molar-refractivity contribution >= 4 is 10.9 Å². The first-order valence-electron chi connectivity index (χ1n) is 13.2. The molecule has 7 rings (SSSR count). The van der Waals surface area contributed by atoms with Crippen LogP contribution < -0.4 is 15.2 Å². The van der Waals surface area contributed by atoms with Crippen LogP contribution in [0, 0.1) is 17.8 Å². The Bertz CT molecular complexity index is 1160. The minimum Gasteiger partial charge on any atom is -0.497 e. The van der Waals surface area contributed by atoms with E-state index in [0.29, 0.717) is 5.41 Å². The van der Waals surface area contributed by atoms with Crippen LogP contribution in [0.5, 0.6) is 11.5 Å². The molecular formula is C30H38N2O2. The van der Waals surface area contributed by atoms with Gasteiger partial charge in [0.25, 0.3) is 0 Å². The van der Waals surface area contributed by atoms with Crippen molar-refractivity contribution in [2.24, 2.45) is 23.5 Å². The molecule has 0 atom stereocenters. The summed E-state index contributed by atoms with van der Waals surface area (Å²) in [6, 6.07) is 13.4.